The van der Waals surface area contributed by atoms with Gasteiger partial charge in [-0.2, -0.15) is 0 Å². The quantitative estimate of drug-likeness (QED) is 0.662. The molecule has 3 aliphatic heterocycles. The molecule has 0 aromatic rings. The second-order valence-electron chi connectivity index (χ2n) is 4.75. The fourth-order valence-corrected chi connectivity index (χ4v) is 2.56. The molecule has 3 heterocycles. The van der Waals surface area contributed by atoms with Gasteiger partial charge in [0, 0.05) is 6.04 Å². The summed E-state index contributed by atoms with van der Waals surface area (Å²) < 4.78 is 5.69. The SMILES string of the molecule is CC(C)OCC1CC2CCN1CC2. The molecule has 2 bridgehead atoms. The highest BCUT2D eigenvalue weighted by molar-refractivity contribution is 4.87. The molecule has 1 atom stereocenters. The van der Waals surface area contributed by atoms with Crippen molar-refractivity contribution in [3.8, 4) is 0 Å². The van der Waals surface area contributed by atoms with E-state index in [2.05, 4.69) is 18.7 Å². The minimum absolute atomic E-state index is 0.390. The van der Waals surface area contributed by atoms with Crippen LogP contribution < -0.4 is 0 Å². The Bertz CT molecular complexity index is 161. The van der Waals surface area contributed by atoms with Gasteiger partial charge in [-0.3, -0.25) is 4.90 Å². The van der Waals surface area contributed by atoms with E-state index in [1.54, 1.807) is 0 Å². The van der Waals surface area contributed by atoms with Gasteiger partial charge in [0.2, 0.25) is 0 Å². The molecule has 0 radical (unpaired) electrons. The third-order valence-corrected chi connectivity index (χ3v) is 3.39. The molecule has 3 aliphatic rings. The maximum absolute atomic E-state index is 5.69. The van der Waals surface area contributed by atoms with Crippen LogP contribution in [0.1, 0.15) is 33.1 Å². The lowest BCUT2D eigenvalue weighted by Gasteiger charge is -2.45. The first-order chi connectivity index (χ1) is 6.25. The van der Waals surface area contributed by atoms with Crippen molar-refractivity contribution in [2.45, 2.75) is 45.3 Å². The van der Waals surface area contributed by atoms with Gasteiger partial charge in [0.15, 0.2) is 0 Å². The summed E-state index contributed by atoms with van der Waals surface area (Å²) in [5.41, 5.74) is 0. The van der Waals surface area contributed by atoms with Gasteiger partial charge in [-0.15, -0.1) is 0 Å². The maximum atomic E-state index is 5.69. The molecule has 0 aromatic carbocycles. The van der Waals surface area contributed by atoms with Crippen molar-refractivity contribution in [2.24, 2.45) is 5.92 Å². The van der Waals surface area contributed by atoms with Crippen LogP contribution in [-0.2, 0) is 4.74 Å². The summed E-state index contributed by atoms with van der Waals surface area (Å²) in [6.45, 7) is 7.83. The summed E-state index contributed by atoms with van der Waals surface area (Å²) in [6, 6.07) is 0.731. The zero-order valence-corrected chi connectivity index (χ0v) is 8.83. The Morgan fingerprint density at radius 3 is 2.46 bits per heavy atom. The monoisotopic (exact) mass is 183 g/mol. The Balaban J connectivity index is 1.80. The molecular formula is C11H21NO. The number of nitrogens with zero attached hydrogens (tertiary/aromatic N) is 1. The molecule has 2 nitrogen and oxygen atoms in total. The van der Waals surface area contributed by atoms with E-state index in [0.717, 1.165) is 18.6 Å². The van der Waals surface area contributed by atoms with Crippen molar-refractivity contribution in [1.82, 2.24) is 4.90 Å². The Kier molecular flexibility index (Phi) is 2.89. The highest BCUT2D eigenvalue weighted by Gasteiger charge is 2.33. The predicted molar refractivity (Wildman–Crippen MR) is 53.8 cm³/mol. The second kappa shape index (κ2) is 3.97. The van der Waals surface area contributed by atoms with E-state index in [-0.39, 0.29) is 0 Å². The van der Waals surface area contributed by atoms with Crippen molar-refractivity contribution in [3.05, 3.63) is 0 Å². The summed E-state index contributed by atoms with van der Waals surface area (Å²) in [5.74, 6) is 1.01. The molecular weight excluding hydrogens is 162 g/mol. The average molecular weight is 183 g/mol. The zero-order valence-electron chi connectivity index (χ0n) is 8.83. The van der Waals surface area contributed by atoms with Crippen LogP contribution in [0.4, 0.5) is 0 Å². The fraction of sp³-hybridized carbons (Fsp3) is 1.00. The second-order valence-corrected chi connectivity index (χ2v) is 4.75. The third-order valence-electron chi connectivity index (χ3n) is 3.39. The van der Waals surface area contributed by atoms with Crippen LogP contribution in [0, 0.1) is 5.92 Å². The average Bonchev–Trinajstić information content (AvgIpc) is 2.17. The van der Waals surface area contributed by atoms with E-state index < -0.39 is 0 Å². The number of hydrogen-bond acceptors (Lipinski definition) is 2. The van der Waals surface area contributed by atoms with Crippen LogP contribution in [0.2, 0.25) is 0 Å². The van der Waals surface area contributed by atoms with E-state index in [9.17, 15) is 0 Å². The van der Waals surface area contributed by atoms with Crippen LogP contribution in [0.3, 0.4) is 0 Å². The summed E-state index contributed by atoms with van der Waals surface area (Å²) in [5, 5.41) is 0. The van der Waals surface area contributed by atoms with E-state index in [4.69, 9.17) is 4.74 Å². The van der Waals surface area contributed by atoms with Gasteiger partial charge in [-0.1, -0.05) is 0 Å². The molecule has 0 amide bonds. The van der Waals surface area contributed by atoms with Gasteiger partial charge >= 0.3 is 0 Å². The molecule has 3 saturated heterocycles. The van der Waals surface area contributed by atoms with Gasteiger partial charge in [-0.05, 0) is 52.1 Å². The molecule has 0 spiro atoms. The highest BCUT2D eigenvalue weighted by atomic mass is 16.5. The smallest absolute Gasteiger partial charge is 0.0625 e. The third kappa shape index (κ3) is 2.23. The molecule has 13 heavy (non-hydrogen) atoms. The Morgan fingerprint density at radius 2 is 2.00 bits per heavy atom. The van der Waals surface area contributed by atoms with E-state index >= 15 is 0 Å². The van der Waals surface area contributed by atoms with Crippen LogP contribution >= 0.6 is 0 Å². The lowest BCUT2D eigenvalue weighted by Crippen LogP contribution is -2.50. The standard InChI is InChI=1S/C11H21NO/c1-9(2)13-8-11-7-10-3-5-12(11)6-4-10/h9-11H,3-8H2,1-2H3. The minimum atomic E-state index is 0.390. The summed E-state index contributed by atoms with van der Waals surface area (Å²) in [4.78, 5) is 2.61. The molecule has 0 aromatic heterocycles. The Morgan fingerprint density at radius 1 is 1.31 bits per heavy atom. The van der Waals surface area contributed by atoms with E-state index in [1.807, 2.05) is 0 Å². The molecule has 0 N–H and O–H groups in total. The molecule has 2 heteroatoms. The molecule has 3 fully saturated rings. The number of hydrogen-bond donors (Lipinski definition) is 0. The van der Waals surface area contributed by atoms with Crippen LogP contribution in [0.5, 0.6) is 0 Å². The number of piperidine rings is 3. The normalized spacial score (nSPS) is 38.5. The lowest BCUT2D eigenvalue weighted by molar-refractivity contribution is -0.0256. The number of fused-ring (bicyclic) bond motifs is 3. The van der Waals surface area contributed by atoms with Crippen molar-refractivity contribution in [3.63, 3.8) is 0 Å². The molecule has 76 valence electrons. The van der Waals surface area contributed by atoms with E-state index in [0.29, 0.717) is 6.10 Å². The molecule has 1 unspecified atom stereocenters. The van der Waals surface area contributed by atoms with Gasteiger partial charge in [0.25, 0.3) is 0 Å². The first-order valence-electron chi connectivity index (χ1n) is 5.61. The summed E-state index contributed by atoms with van der Waals surface area (Å²) in [7, 11) is 0. The highest BCUT2D eigenvalue weighted by Crippen LogP contribution is 2.31. The largest absolute Gasteiger partial charge is 0.377 e. The van der Waals surface area contributed by atoms with Crippen molar-refractivity contribution < 1.29 is 4.74 Å². The maximum Gasteiger partial charge on any atom is 0.0625 e. The van der Waals surface area contributed by atoms with Crippen LogP contribution in [-0.4, -0.2) is 36.7 Å². The van der Waals surface area contributed by atoms with Gasteiger partial charge in [0.1, 0.15) is 0 Å². The number of ether oxygens (including phenoxy) is 1. The summed E-state index contributed by atoms with van der Waals surface area (Å²) >= 11 is 0. The van der Waals surface area contributed by atoms with Gasteiger partial charge < -0.3 is 4.74 Å². The van der Waals surface area contributed by atoms with Crippen molar-refractivity contribution in [1.29, 1.82) is 0 Å². The minimum Gasteiger partial charge on any atom is -0.377 e. The van der Waals surface area contributed by atoms with Gasteiger partial charge in [0.05, 0.1) is 12.7 Å². The molecule has 0 aliphatic carbocycles. The van der Waals surface area contributed by atoms with Gasteiger partial charge in [-0.25, -0.2) is 0 Å². The zero-order chi connectivity index (χ0) is 9.26. The van der Waals surface area contributed by atoms with E-state index in [1.165, 1.54) is 32.4 Å². The number of rotatable bonds is 3. The molecule has 0 saturated carbocycles. The van der Waals surface area contributed by atoms with Crippen molar-refractivity contribution in [2.75, 3.05) is 19.7 Å². The Hall–Kier alpha value is -0.0800. The topological polar surface area (TPSA) is 12.5 Å². The summed E-state index contributed by atoms with van der Waals surface area (Å²) in [6.07, 6.45) is 4.63. The lowest BCUT2D eigenvalue weighted by atomic mass is 9.83. The van der Waals surface area contributed by atoms with Crippen LogP contribution in [0.25, 0.3) is 0 Å². The van der Waals surface area contributed by atoms with Crippen LogP contribution in [0.15, 0.2) is 0 Å². The first-order valence-corrected chi connectivity index (χ1v) is 5.61. The fourth-order valence-electron chi connectivity index (χ4n) is 2.56. The van der Waals surface area contributed by atoms with Crippen molar-refractivity contribution >= 4 is 0 Å². The Labute approximate surface area is 81.3 Å². The molecule has 3 rings (SSSR count). The predicted octanol–water partition coefficient (Wildman–Crippen LogP) is 1.90. The first kappa shape index (κ1) is 9.47.